The van der Waals surface area contributed by atoms with Crippen LogP contribution in [0.15, 0.2) is 0 Å². The number of hydrogen-bond acceptors (Lipinski definition) is 6. The van der Waals surface area contributed by atoms with E-state index in [0.717, 1.165) is 69.6 Å². The molecule has 0 fully saturated rings. The Labute approximate surface area is 399 Å². The van der Waals surface area contributed by atoms with E-state index in [1.165, 1.54) is 212 Å². The molecule has 0 radical (unpaired) electrons. The van der Waals surface area contributed by atoms with Crippen LogP contribution >= 0.6 is 0 Å². The van der Waals surface area contributed by atoms with Gasteiger partial charge in [-0.05, 0) is 31.1 Å². The zero-order valence-corrected chi connectivity index (χ0v) is 43.9. The van der Waals surface area contributed by atoms with Crippen molar-refractivity contribution in [3.8, 4) is 0 Å². The molecular formula is C58H112O6. The summed E-state index contributed by atoms with van der Waals surface area (Å²) in [4.78, 5) is 38.1. The van der Waals surface area contributed by atoms with Crippen molar-refractivity contribution in [1.82, 2.24) is 0 Å². The Kier molecular flexibility index (Phi) is 49.6. The Hall–Kier alpha value is -1.59. The van der Waals surface area contributed by atoms with Crippen molar-refractivity contribution in [2.24, 2.45) is 11.8 Å². The highest BCUT2D eigenvalue weighted by Crippen LogP contribution is 2.18. The summed E-state index contributed by atoms with van der Waals surface area (Å²) >= 11 is 0. The Balaban J connectivity index is 4.26. The Morgan fingerprint density at radius 1 is 0.297 bits per heavy atom. The van der Waals surface area contributed by atoms with E-state index < -0.39 is 6.10 Å². The van der Waals surface area contributed by atoms with Crippen LogP contribution in [0.4, 0.5) is 0 Å². The molecule has 0 aromatic rings. The second kappa shape index (κ2) is 50.8. The second-order valence-corrected chi connectivity index (χ2v) is 20.9. The van der Waals surface area contributed by atoms with Crippen molar-refractivity contribution in [3.05, 3.63) is 0 Å². The highest BCUT2D eigenvalue weighted by Gasteiger charge is 2.19. The third-order valence-corrected chi connectivity index (χ3v) is 13.2. The molecular weight excluding hydrogens is 793 g/mol. The standard InChI is InChI=1S/C58H112O6/c1-6-7-8-9-10-11-12-13-14-15-16-17-21-24-27-33-38-43-48-56(59)62-51-55(52-63-57(60)49-44-39-34-30-29-32-37-42-47-54(4)5)64-58(61)50-45-40-35-28-25-22-19-18-20-23-26-31-36-41-46-53(2)3/h53-55H,6-52H2,1-5H3/t55-/m0/s1. The third kappa shape index (κ3) is 51.4. The number of ether oxygens (including phenoxy) is 3. The molecule has 0 aliphatic carbocycles. The maximum Gasteiger partial charge on any atom is 0.306 e. The van der Waals surface area contributed by atoms with Crippen LogP contribution in [0, 0.1) is 11.8 Å². The van der Waals surface area contributed by atoms with Gasteiger partial charge in [-0.25, -0.2) is 0 Å². The van der Waals surface area contributed by atoms with E-state index in [0.29, 0.717) is 19.3 Å². The molecule has 0 amide bonds. The number of carbonyl (C=O) groups excluding carboxylic acids is 3. The summed E-state index contributed by atoms with van der Waals surface area (Å²) in [5, 5.41) is 0. The molecule has 0 aromatic heterocycles. The molecule has 0 bridgehead atoms. The number of esters is 3. The van der Waals surface area contributed by atoms with Gasteiger partial charge < -0.3 is 14.2 Å². The molecule has 1 atom stereocenters. The van der Waals surface area contributed by atoms with Gasteiger partial charge in [0.2, 0.25) is 0 Å². The van der Waals surface area contributed by atoms with E-state index >= 15 is 0 Å². The minimum absolute atomic E-state index is 0.0631. The van der Waals surface area contributed by atoms with Crippen LogP contribution in [0.25, 0.3) is 0 Å². The van der Waals surface area contributed by atoms with Gasteiger partial charge in [-0.2, -0.15) is 0 Å². The highest BCUT2D eigenvalue weighted by molar-refractivity contribution is 5.71. The fourth-order valence-corrected chi connectivity index (χ4v) is 8.87. The molecule has 0 heterocycles. The molecule has 0 N–H and O–H groups in total. The summed E-state index contributed by atoms with van der Waals surface area (Å²) in [5.41, 5.74) is 0. The van der Waals surface area contributed by atoms with Gasteiger partial charge in [0.15, 0.2) is 6.10 Å². The maximum absolute atomic E-state index is 12.8. The van der Waals surface area contributed by atoms with Gasteiger partial charge in [0.05, 0.1) is 0 Å². The van der Waals surface area contributed by atoms with Gasteiger partial charge >= 0.3 is 17.9 Å². The molecule has 64 heavy (non-hydrogen) atoms. The van der Waals surface area contributed by atoms with Gasteiger partial charge in [-0.1, -0.05) is 285 Å². The molecule has 0 aromatic carbocycles. The third-order valence-electron chi connectivity index (χ3n) is 13.2. The number of unbranched alkanes of at least 4 members (excludes halogenated alkanes) is 37. The largest absolute Gasteiger partial charge is 0.462 e. The number of rotatable bonds is 52. The van der Waals surface area contributed by atoms with Crippen LogP contribution in [0.2, 0.25) is 0 Å². The minimum Gasteiger partial charge on any atom is -0.462 e. The number of hydrogen-bond donors (Lipinski definition) is 0. The maximum atomic E-state index is 12.8. The van der Waals surface area contributed by atoms with Crippen molar-refractivity contribution < 1.29 is 28.6 Å². The summed E-state index contributed by atoms with van der Waals surface area (Å²) in [6.45, 7) is 11.4. The molecule has 0 saturated carbocycles. The minimum atomic E-state index is -0.763. The van der Waals surface area contributed by atoms with Crippen molar-refractivity contribution in [2.45, 2.75) is 330 Å². The van der Waals surface area contributed by atoms with Crippen molar-refractivity contribution in [2.75, 3.05) is 13.2 Å². The SMILES string of the molecule is CCCCCCCCCCCCCCCCCCCCC(=O)OC[C@@H](COC(=O)CCCCCCCCCCC(C)C)OC(=O)CCCCCCCCCCCCCCCCC(C)C. The van der Waals surface area contributed by atoms with E-state index in [1.54, 1.807) is 0 Å². The first-order chi connectivity index (χ1) is 31.2. The van der Waals surface area contributed by atoms with E-state index in [-0.39, 0.29) is 31.1 Å². The molecule has 0 saturated heterocycles. The van der Waals surface area contributed by atoms with E-state index in [9.17, 15) is 14.4 Å². The topological polar surface area (TPSA) is 78.9 Å². The zero-order chi connectivity index (χ0) is 46.8. The summed E-state index contributed by atoms with van der Waals surface area (Å²) < 4.78 is 16.9. The Morgan fingerprint density at radius 3 is 0.766 bits per heavy atom. The average molecular weight is 906 g/mol. The normalized spacial score (nSPS) is 12.0. The van der Waals surface area contributed by atoms with Crippen LogP contribution in [0.5, 0.6) is 0 Å². The molecule has 6 heteroatoms. The highest BCUT2D eigenvalue weighted by atomic mass is 16.6. The molecule has 0 rings (SSSR count). The first-order valence-corrected chi connectivity index (χ1v) is 28.7. The van der Waals surface area contributed by atoms with Crippen LogP contribution in [0.3, 0.4) is 0 Å². The van der Waals surface area contributed by atoms with Gasteiger partial charge in [-0.15, -0.1) is 0 Å². The van der Waals surface area contributed by atoms with Crippen LogP contribution < -0.4 is 0 Å². The first-order valence-electron chi connectivity index (χ1n) is 28.7. The van der Waals surface area contributed by atoms with Crippen molar-refractivity contribution >= 4 is 17.9 Å². The molecule has 0 aliphatic rings. The molecule has 6 nitrogen and oxygen atoms in total. The van der Waals surface area contributed by atoms with Crippen LogP contribution in [-0.2, 0) is 28.6 Å². The molecule has 0 spiro atoms. The van der Waals surface area contributed by atoms with Gasteiger partial charge in [-0.3, -0.25) is 14.4 Å². The van der Waals surface area contributed by atoms with Crippen molar-refractivity contribution in [3.63, 3.8) is 0 Å². The van der Waals surface area contributed by atoms with Gasteiger partial charge in [0, 0.05) is 19.3 Å². The first kappa shape index (κ1) is 62.4. The number of carbonyl (C=O) groups is 3. The lowest BCUT2D eigenvalue weighted by atomic mass is 10.0. The monoisotopic (exact) mass is 905 g/mol. The van der Waals surface area contributed by atoms with E-state index in [2.05, 4.69) is 34.6 Å². The summed E-state index contributed by atoms with van der Waals surface area (Å²) in [6, 6.07) is 0. The molecule has 0 aliphatic heterocycles. The lowest BCUT2D eigenvalue weighted by molar-refractivity contribution is -0.167. The van der Waals surface area contributed by atoms with Gasteiger partial charge in [0.1, 0.15) is 13.2 Å². The predicted molar refractivity (Wildman–Crippen MR) is 275 cm³/mol. The predicted octanol–water partition coefficient (Wildman–Crippen LogP) is 18.9. The zero-order valence-electron chi connectivity index (χ0n) is 43.9. The quantitative estimate of drug-likeness (QED) is 0.0344. The lowest BCUT2D eigenvalue weighted by Crippen LogP contribution is -2.30. The molecule has 0 unspecified atom stereocenters. The summed E-state index contributed by atoms with van der Waals surface area (Å²) in [6.07, 6.45) is 53.9. The fourth-order valence-electron chi connectivity index (χ4n) is 8.87. The van der Waals surface area contributed by atoms with Crippen molar-refractivity contribution in [1.29, 1.82) is 0 Å². The fraction of sp³-hybridized carbons (Fsp3) is 0.948. The van der Waals surface area contributed by atoms with Crippen LogP contribution in [0.1, 0.15) is 324 Å². The average Bonchev–Trinajstić information content (AvgIpc) is 3.27. The van der Waals surface area contributed by atoms with E-state index in [1.807, 2.05) is 0 Å². The summed E-state index contributed by atoms with van der Waals surface area (Å²) in [5.74, 6) is 0.797. The second-order valence-electron chi connectivity index (χ2n) is 20.9. The lowest BCUT2D eigenvalue weighted by Gasteiger charge is -2.18. The smallest absolute Gasteiger partial charge is 0.306 e. The van der Waals surface area contributed by atoms with Crippen LogP contribution in [-0.4, -0.2) is 37.2 Å². The Bertz CT molecular complexity index is 978. The molecule has 380 valence electrons. The van der Waals surface area contributed by atoms with E-state index in [4.69, 9.17) is 14.2 Å². The Morgan fingerprint density at radius 2 is 0.516 bits per heavy atom. The summed E-state index contributed by atoms with van der Waals surface area (Å²) in [7, 11) is 0. The van der Waals surface area contributed by atoms with Gasteiger partial charge in [0.25, 0.3) is 0 Å².